The van der Waals surface area contributed by atoms with Crippen molar-refractivity contribution in [2.75, 3.05) is 0 Å². The van der Waals surface area contributed by atoms with Crippen LogP contribution in [0.2, 0.25) is 0 Å². The Morgan fingerprint density at radius 3 is 2.38 bits per heavy atom. The monoisotopic (exact) mass is 420 g/mol. The van der Waals surface area contributed by atoms with Gasteiger partial charge in [-0.15, -0.1) is 0 Å². The minimum absolute atomic E-state index is 0.833. The predicted molar refractivity (Wildman–Crippen MR) is 145 cm³/mol. The molecule has 0 saturated carbocycles. The van der Waals surface area contributed by atoms with E-state index in [1.807, 2.05) is 6.92 Å². The number of hydrogen-bond donors (Lipinski definition) is 0. The summed E-state index contributed by atoms with van der Waals surface area (Å²) in [4.78, 5) is 0. The van der Waals surface area contributed by atoms with Crippen LogP contribution in [0.3, 0.4) is 0 Å². The van der Waals surface area contributed by atoms with E-state index in [2.05, 4.69) is 114 Å². The van der Waals surface area contributed by atoms with E-state index in [-0.39, 0.29) is 0 Å². The molecule has 1 aliphatic rings. The smallest absolute Gasteiger partial charge is 0.00192 e. The average molecular weight is 421 g/mol. The molecular weight excluding hydrogens is 384 g/mol. The molecule has 4 rings (SSSR count). The topological polar surface area (TPSA) is 0 Å². The van der Waals surface area contributed by atoms with Crippen molar-refractivity contribution in [3.05, 3.63) is 114 Å². The molecule has 0 saturated heterocycles. The van der Waals surface area contributed by atoms with Gasteiger partial charge >= 0.3 is 0 Å². The van der Waals surface area contributed by atoms with Gasteiger partial charge < -0.3 is 0 Å². The van der Waals surface area contributed by atoms with E-state index in [0.29, 0.717) is 0 Å². The fourth-order valence-corrected chi connectivity index (χ4v) is 4.13. The Labute approximate surface area is 194 Å². The third-order valence-electron chi connectivity index (χ3n) is 5.54. The molecule has 0 fully saturated rings. The first-order valence-electron chi connectivity index (χ1n) is 11.6. The molecule has 0 aliphatic heterocycles. The quantitative estimate of drug-likeness (QED) is 0.291. The third kappa shape index (κ3) is 5.37. The van der Waals surface area contributed by atoms with Crippen molar-refractivity contribution in [1.82, 2.24) is 0 Å². The maximum atomic E-state index is 4.35. The van der Waals surface area contributed by atoms with Crippen LogP contribution in [0.25, 0.3) is 27.1 Å². The molecule has 1 aliphatic carbocycles. The maximum Gasteiger partial charge on any atom is -0.00192 e. The molecule has 0 unspecified atom stereocenters. The van der Waals surface area contributed by atoms with Crippen LogP contribution in [-0.4, -0.2) is 0 Å². The molecule has 0 radical (unpaired) electrons. The maximum absolute atomic E-state index is 4.35. The van der Waals surface area contributed by atoms with Gasteiger partial charge in [-0.2, -0.15) is 0 Å². The van der Waals surface area contributed by atoms with Gasteiger partial charge in [0.25, 0.3) is 0 Å². The first-order valence-corrected chi connectivity index (χ1v) is 11.6. The largest absolute Gasteiger partial charge is 0.0955 e. The molecular formula is C32H36. The summed E-state index contributed by atoms with van der Waals surface area (Å²) < 4.78 is 0. The van der Waals surface area contributed by atoms with Crippen LogP contribution in [0.4, 0.5) is 0 Å². The van der Waals surface area contributed by atoms with E-state index < -0.39 is 0 Å². The summed E-state index contributed by atoms with van der Waals surface area (Å²) in [6.07, 6.45) is 10.6. The van der Waals surface area contributed by atoms with Gasteiger partial charge in [0.1, 0.15) is 0 Å². The average Bonchev–Trinajstić information content (AvgIpc) is 3.05. The fraction of sp³-hybridized carbons (Fsp3) is 0.250. The first kappa shape index (κ1) is 23.5. The lowest BCUT2D eigenvalue weighted by Gasteiger charge is -2.08. The molecule has 0 heterocycles. The third-order valence-corrected chi connectivity index (χ3v) is 5.54. The zero-order valence-corrected chi connectivity index (χ0v) is 20.3. The lowest BCUT2D eigenvalue weighted by molar-refractivity contribution is 0.737. The van der Waals surface area contributed by atoms with Crippen molar-refractivity contribution >= 4 is 27.1 Å². The van der Waals surface area contributed by atoms with Crippen LogP contribution in [0.15, 0.2) is 103 Å². The zero-order chi connectivity index (χ0) is 23.3. The van der Waals surface area contributed by atoms with Crippen molar-refractivity contribution in [2.24, 2.45) is 5.92 Å². The van der Waals surface area contributed by atoms with Crippen LogP contribution in [0, 0.1) is 5.92 Å². The van der Waals surface area contributed by atoms with Gasteiger partial charge in [0.05, 0.1) is 0 Å². The van der Waals surface area contributed by atoms with Crippen molar-refractivity contribution in [2.45, 2.75) is 47.5 Å². The van der Waals surface area contributed by atoms with Crippen molar-refractivity contribution in [3.63, 3.8) is 0 Å². The van der Waals surface area contributed by atoms with Crippen molar-refractivity contribution in [1.29, 1.82) is 0 Å². The van der Waals surface area contributed by atoms with E-state index >= 15 is 0 Å². The van der Waals surface area contributed by atoms with Crippen molar-refractivity contribution in [3.8, 4) is 0 Å². The molecule has 0 N–H and O–H groups in total. The molecule has 0 spiro atoms. The van der Waals surface area contributed by atoms with Crippen LogP contribution in [0.1, 0.15) is 52.2 Å². The summed E-state index contributed by atoms with van der Waals surface area (Å²) in [5.74, 6) is 0.833. The van der Waals surface area contributed by atoms with Gasteiger partial charge in [-0.05, 0) is 94.1 Å². The molecule has 0 heteroatoms. The lowest BCUT2D eigenvalue weighted by atomic mass is 9.96. The Balaban J connectivity index is 0.000000668. The molecule has 32 heavy (non-hydrogen) atoms. The molecule has 164 valence electrons. The Morgan fingerprint density at radius 2 is 1.69 bits per heavy atom. The van der Waals surface area contributed by atoms with Gasteiger partial charge in [0, 0.05) is 0 Å². The molecule has 0 amide bonds. The molecule has 0 atom stereocenters. The second-order valence-corrected chi connectivity index (χ2v) is 9.32. The van der Waals surface area contributed by atoms with E-state index in [4.69, 9.17) is 0 Å². The van der Waals surface area contributed by atoms with E-state index in [1.165, 1.54) is 49.4 Å². The second-order valence-electron chi connectivity index (χ2n) is 9.32. The van der Waals surface area contributed by atoms with Gasteiger partial charge in [-0.3, -0.25) is 0 Å². The molecule has 3 aromatic rings. The van der Waals surface area contributed by atoms with Gasteiger partial charge in [0.2, 0.25) is 0 Å². The number of rotatable bonds is 4. The summed E-state index contributed by atoms with van der Waals surface area (Å²) in [7, 11) is 0. The first-order chi connectivity index (χ1) is 15.3. The predicted octanol–water partition coefficient (Wildman–Crippen LogP) is 9.62. The Hall–Kier alpha value is -3.12. The number of allylic oxidation sites excluding steroid dienone is 8. The van der Waals surface area contributed by atoms with Crippen LogP contribution >= 0.6 is 0 Å². The molecule has 0 nitrogen and oxygen atoms in total. The Kier molecular flexibility index (Phi) is 7.70. The van der Waals surface area contributed by atoms with E-state index in [1.54, 1.807) is 0 Å². The molecule has 3 aromatic carbocycles. The van der Waals surface area contributed by atoms with Gasteiger partial charge in [0.15, 0.2) is 0 Å². The molecule has 0 bridgehead atoms. The zero-order valence-electron chi connectivity index (χ0n) is 20.3. The standard InChI is InChI=1S/C28H26.C4H10/c1-5-9-21(19(2)3)11-8-13-25-20(4)16-24-18-27-23(17-28(24)25)15-14-22-10-6-7-12-26(22)27;1-4(2)3/h5-7,9-15,17-18H,2,4,8,16H2,1,3H3;4H,1-3H3/b9-5-,21-11-,25-13+;. The van der Waals surface area contributed by atoms with Gasteiger partial charge in [-0.25, -0.2) is 0 Å². The molecule has 0 aromatic heterocycles. The minimum Gasteiger partial charge on any atom is -0.0955 e. The number of hydrogen-bond acceptors (Lipinski definition) is 0. The lowest BCUT2D eigenvalue weighted by Crippen LogP contribution is -1.85. The minimum atomic E-state index is 0.833. The summed E-state index contributed by atoms with van der Waals surface area (Å²) in [6, 6.07) is 17.8. The normalized spacial score (nSPS) is 15.0. The second kappa shape index (κ2) is 10.5. The summed E-state index contributed by atoms with van der Waals surface area (Å²) >= 11 is 0. The van der Waals surface area contributed by atoms with Crippen LogP contribution < -0.4 is 0 Å². The Bertz CT molecular complexity index is 1240. The fourth-order valence-electron chi connectivity index (χ4n) is 4.13. The van der Waals surface area contributed by atoms with Crippen molar-refractivity contribution < 1.29 is 0 Å². The van der Waals surface area contributed by atoms with E-state index in [0.717, 1.165) is 24.3 Å². The summed E-state index contributed by atoms with van der Waals surface area (Å²) in [6.45, 7) is 19.0. The number of fused-ring (bicyclic) bond motifs is 4. The summed E-state index contributed by atoms with van der Waals surface area (Å²) in [5.41, 5.74) is 7.53. The van der Waals surface area contributed by atoms with Gasteiger partial charge in [-0.1, -0.05) is 100 Å². The highest BCUT2D eigenvalue weighted by Gasteiger charge is 2.20. The highest BCUT2D eigenvalue weighted by Crippen LogP contribution is 2.40. The highest BCUT2D eigenvalue weighted by atomic mass is 14.2. The SMILES string of the molecule is C=C(C)C(/C=C\C)=C\C/C=C1\C(=C)Cc2cc3c(ccc4ccccc43)cc21.CC(C)C. The van der Waals surface area contributed by atoms with Crippen LogP contribution in [0.5, 0.6) is 0 Å². The highest BCUT2D eigenvalue weighted by molar-refractivity contribution is 6.09. The van der Waals surface area contributed by atoms with Crippen LogP contribution in [-0.2, 0) is 6.42 Å². The number of benzene rings is 3. The van der Waals surface area contributed by atoms with E-state index in [9.17, 15) is 0 Å². The summed E-state index contributed by atoms with van der Waals surface area (Å²) in [5, 5.41) is 5.25. The Morgan fingerprint density at radius 1 is 1.00 bits per heavy atom.